The molecule has 0 bridgehead atoms. The topological polar surface area (TPSA) is 70.1 Å². The van der Waals surface area contributed by atoms with Crippen LogP contribution in [0.3, 0.4) is 0 Å². The molecule has 8 heteroatoms. The average molecular weight is 419 g/mol. The van der Waals surface area contributed by atoms with Gasteiger partial charge in [-0.05, 0) is 35.9 Å². The van der Waals surface area contributed by atoms with Gasteiger partial charge < -0.3 is 19.6 Å². The Kier molecular flexibility index (Phi) is 5.29. The summed E-state index contributed by atoms with van der Waals surface area (Å²) in [6.07, 6.45) is 0. The van der Waals surface area contributed by atoms with Gasteiger partial charge in [0, 0.05) is 42.3 Å². The van der Waals surface area contributed by atoms with E-state index in [0.29, 0.717) is 47.9 Å². The van der Waals surface area contributed by atoms with E-state index in [1.165, 1.54) is 6.07 Å². The number of benzene rings is 2. The molecule has 2 fully saturated rings. The van der Waals surface area contributed by atoms with Crippen molar-refractivity contribution < 1.29 is 23.8 Å². The Morgan fingerprint density at radius 2 is 1.62 bits per heavy atom. The molecule has 2 saturated heterocycles. The summed E-state index contributed by atoms with van der Waals surface area (Å²) in [5, 5.41) is 10.4. The summed E-state index contributed by atoms with van der Waals surface area (Å²) in [5.41, 5.74) is 0.147. The zero-order chi connectivity index (χ0) is 20.6. The second-order valence-corrected chi connectivity index (χ2v) is 7.75. The summed E-state index contributed by atoms with van der Waals surface area (Å²) in [6.45, 7) is 1.53. The van der Waals surface area contributed by atoms with Gasteiger partial charge in [0.2, 0.25) is 0 Å². The molecule has 2 amide bonds. The van der Waals surface area contributed by atoms with Crippen molar-refractivity contribution in [1.82, 2.24) is 9.80 Å². The highest BCUT2D eigenvalue weighted by atomic mass is 35.5. The minimum Gasteiger partial charge on any atom is -0.376 e. The maximum atomic E-state index is 14.1. The smallest absolute Gasteiger partial charge is 0.259 e. The van der Waals surface area contributed by atoms with Crippen LogP contribution in [-0.4, -0.2) is 71.7 Å². The lowest BCUT2D eigenvalue weighted by Crippen LogP contribution is -2.64. The molecule has 2 aromatic rings. The molecular weight excluding hydrogens is 399 g/mol. The van der Waals surface area contributed by atoms with Crippen LogP contribution >= 0.6 is 11.6 Å². The van der Waals surface area contributed by atoms with Crippen molar-refractivity contribution >= 4 is 23.4 Å². The van der Waals surface area contributed by atoms with Gasteiger partial charge in [-0.2, -0.15) is 0 Å². The lowest BCUT2D eigenvalue weighted by molar-refractivity contribution is -0.201. The van der Waals surface area contributed by atoms with Gasteiger partial charge in [-0.25, -0.2) is 4.39 Å². The van der Waals surface area contributed by atoms with Gasteiger partial charge in [-0.3, -0.25) is 9.59 Å². The van der Waals surface area contributed by atoms with E-state index < -0.39 is 11.4 Å². The number of halogens is 2. The van der Waals surface area contributed by atoms with E-state index in [0.717, 1.165) is 0 Å². The first-order valence-electron chi connectivity index (χ1n) is 9.32. The number of nitrogens with zero attached hydrogens (tertiary/aromatic N) is 2. The van der Waals surface area contributed by atoms with Crippen LogP contribution in [0.25, 0.3) is 11.1 Å². The summed E-state index contributed by atoms with van der Waals surface area (Å²) >= 11 is 5.79. The van der Waals surface area contributed by atoms with E-state index in [1.807, 2.05) is 0 Å². The number of rotatable bonds is 3. The third-order valence-electron chi connectivity index (χ3n) is 5.31. The first-order chi connectivity index (χ1) is 13.9. The van der Waals surface area contributed by atoms with Crippen LogP contribution in [0.5, 0.6) is 0 Å². The first kappa shape index (κ1) is 19.8. The number of carbonyl (C=O) groups excluding carboxylic acids is 2. The molecule has 4 rings (SSSR count). The minimum atomic E-state index is -1.42. The second kappa shape index (κ2) is 7.74. The highest BCUT2D eigenvalue weighted by Gasteiger charge is 2.46. The standard InChI is InChI=1S/C21H20ClFN2O4/c22-16-5-6-17(18(23)11-16)14-1-3-15(4-2-14)19(26)24-7-9-25(10-8-24)20(27)21(28)12-29-13-21/h1-6,11,28H,7-10,12-13H2. The van der Waals surface area contributed by atoms with E-state index in [4.69, 9.17) is 16.3 Å². The van der Waals surface area contributed by atoms with Gasteiger partial charge in [0.05, 0.1) is 13.2 Å². The lowest BCUT2D eigenvalue weighted by Gasteiger charge is -2.42. The predicted octanol–water partition coefficient (Wildman–Crippen LogP) is 2.19. The summed E-state index contributed by atoms with van der Waals surface area (Å²) < 4.78 is 19.0. The molecular formula is C21H20ClFN2O4. The molecule has 1 N–H and O–H groups in total. The highest BCUT2D eigenvalue weighted by molar-refractivity contribution is 6.30. The normalized spacial score (nSPS) is 18.3. The fourth-order valence-electron chi connectivity index (χ4n) is 3.52. The van der Waals surface area contributed by atoms with Crippen molar-refractivity contribution in [3.8, 4) is 11.1 Å². The molecule has 2 aromatic carbocycles. The average Bonchev–Trinajstić information content (AvgIpc) is 2.71. The van der Waals surface area contributed by atoms with Crippen LogP contribution < -0.4 is 0 Å². The Morgan fingerprint density at radius 3 is 2.17 bits per heavy atom. The van der Waals surface area contributed by atoms with Gasteiger partial charge in [0.1, 0.15) is 5.82 Å². The third kappa shape index (κ3) is 3.85. The fourth-order valence-corrected chi connectivity index (χ4v) is 3.68. The van der Waals surface area contributed by atoms with E-state index >= 15 is 0 Å². The third-order valence-corrected chi connectivity index (χ3v) is 5.54. The molecule has 152 valence electrons. The van der Waals surface area contributed by atoms with Crippen LogP contribution in [0.15, 0.2) is 42.5 Å². The van der Waals surface area contributed by atoms with Crippen LogP contribution in [0.1, 0.15) is 10.4 Å². The van der Waals surface area contributed by atoms with Crippen LogP contribution in [0.4, 0.5) is 4.39 Å². The van der Waals surface area contributed by atoms with E-state index in [1.54, 1.807) is 46.2 Å². The highest BCUT2D eigenvalue weighted by Crippen LogP contribution is 2.26. The van der Waals surface area contributed by atoms with Gasteiger partial charge >= 0.3 is 0 Å². The largest absolute Gasteiger partial charge is 0.376 e. The minimum absolute atomic E-state index is 0.0194. The number of hydrogen-bond acceptors (Lipinski definition) is 4. The Bertz CT molecular complexity index is 938. The quantitative estimate of drug-likeness (QED) is 0.829. The van der Waals surface area contributed by atoms with Gasteiger partial charge in [-0.1, -0.05) is 23.7 Å². The van der Waals surface area contributed by atoms with Gasteiger partial charge in [0.15, 0.2) is 5.60 Å². The lowest BCUT2D eigenvalue weighted by atomic mass is 10.00. The van der Waals surface area contributed by atoms with Gasteiger partial charge in [0.25, 0.3) is 11.8 Å². The van der Waals surface area contributed by atoms with Crippen LogP contribution in [0, 0.1) is 5.82 Å². The Labute approximate surface area is 172 Å². The molecule has 6 nitrogen and oxygen atoms in total. The number of carbonyl (C=O) groups is 2. The van der Waals surface area contributed by atoms with Crippen molar-refractivity contribution in [2.24, 2.45) is 0 Å². The molecule has 0 atom stereocenters. The van der Waals surface area contributed by atoms with Crippen molar-refractivity contribution in [3.63, 3.8) is 0 Å². The number of ether oxygens (including phenoxy) is 1. The maximum absolute atomic E-state index is 14.1. The number of piperazine rings is 1. The first-order valence-corrected chi connectivity index (χ1v) is 9.69. The molecule has 2 heterocycles. The summed E-state index contributed by atoms with van der Waals surface area (Å²) in [4.78, 5) is 28.3. The Morgan fingerprint density at radius 1 is 1.00 bits per heavy atom. The van der Waals surface area contributed by atoms with Crippen molar-refractivity contribution in [2.45, 2.75) is 5.60 Å². The SMILES string of the molecule is O=C(c1ccc(-c2ccc(Cl)cc2F)cc1)N1CCN(C(=O)C2(O)COC2)CC1. The molecule has 0 radical (unpaired) electrons. The van der Waals surface area contributed by atoms with Gasteiger partial charge in [-0.15, -0.1) is 0 Å². The van der Waals surface area contributed by atoms with E-state index in [-0.39, 0.29) is 25.0 Å². The molecule has 0 aliphatic carbocycles. The second-order valence-electron chi connectivity index (χ2n) is 7.31. The molecule has 0 saturated carbocycles. The zero-order valence-electron chi connectivity index (χ0n) is 15.6. The molecule has 0 unspecified atom stereocenters. The van der Waals surface area contributed by atoms with Crippen molar-refractivity contribution in [1.29, 1.82) is 0 Å². The Balaban J connectivity index is 1.39. The van der Waals surface area contributed by atoms with E-state index in [9.17, 15) is 19.1 Å². The number of amides is 2. The fraction of sp³-hybridized carbons (Fsp3) is 0.333. The zero-order valence-corrected chi connectivity index (χ0v) is 16.4. The predicted molar refractivity (Wildman–Crippen MR) is 105 cm³/mol. The summed E-state index contributed by atoms with van der Waals surface area (Å²) in [7, 11) is 0. The summed E-state index contributed by atoms with van der Waals surface area (Å²) in [5.74, 6) is -0.910. The number of hydrogen-bond donors (Lipinski definition) is 1. The van der Waals surface area contributed by atoms with Crippen molar-refractivity contribution in [2.75, 3.05) is 39.4 Å². The van der Waals surface area contributed by atoms with Crippen LogP contribution in [-0.2, 0) is 9.53 Å². The number of aliphatic hydroxyl groups is 1. The molecule has 29 heavy (non-hydrogen) atoms. The molecule has 0 aromatic heterocycles. The maximum Gasteiger partial charge on any atom is 0.259 e. The summed E-state index contributed by atoms with van der Waals surface area (Å²) in [6, 6.07) is 11.2. The van der Waals surface area contributed by atoms with Crippen LogP contribution in [0.2, 0.25) is 5.02 Å². The van der Waals surface area contributed by atoms with Crippen molar-refractivity contribution in [3.05, 3.63) is 58.9 Å². The Hall–Kier alpha value is -2.48. The van der Waals surface area contributed by atoms with E-state index in [2.05, 4.69) is 0 Å². The molecule has 2 aliphatic heterocycles. The molecule has 2 aliphatic rings. The molecule has 0 spiro atoms. The monoisotopic (exact) mass is 418 g/mol.